The smallest absolute Gasteiger partial charge is 0.215 e. The summed E-state index contributed by atoms with van der Waals surface area (Å²) in [6.07, 6.45) is 1.72. The summed E-state index contributed by atoms with van der Waals surface area (Å²) in [6, 6.07) is 5.51. The molecule has 4 heteroatoms. The first-order valence-corrected chi connectivity index (χ1v) is 5.41. The third kappa shape index (κ3) is 1.90. The standard InChI is InChI=1S/C11H12N2OS/c1-7(6-15)8-5-10-9(13-11(8)14)3-2-4-12-10/h2-5,7,15H,6H2,1H3,(H,13,14). The minimum absolute atomic E-state index is 0.0806. The first kappa shape index (κ1) is 10.2. The lowest BCUT2D eigenvalue weighted by molar-refractivity contribution is 0.445. The fourth-order valence-electron chi connectivity index (χ4n) is 1.47. The number of pyridine rings is 2. The zero-order chi connectivity index (χ0) is 10.8. The van der Waals surface area contributed by atoms with Crippen molar-refractivity contribution in [2.45, 2.75) is 12.8 Å². The van der Waals surface area contributed by atoms with Gasteiger partial charge in [0.15, 0.2) is 0 Å². The summed E-state index contributed by atoms with van der Waals surface area (Å²) in [5, 5.41) is 9.74. The van der Waals surface area contributed by atoms with E-state index in [-0.39, 0.29) is 11.8 Å². The number of rotatable bonds is 2. The van der Waals surface area contributed by atoms with Crippen LogP contribution in [0.3, 0.4) is 0 Å². The molecule has 0 spiro atoms. The van der Waals surface area contributed by atoms with E-state index in [0.717, 1.165) is 11.1 Å². The molecule has 78 valence electrons. The van der Waals surface area contributed by atoms with Crippen LogP contribution in [0.2, 0.25) is 0 Å². The van der Waals surface area contributed by atoms with E-state index >= 15 is 0 Å². The van der Waals surface area contributed by atoms with Crippen molar-refractivity contribution in [1.82, 2.24) is 9.97 Å². The van der Waals surface area contributed by atoms with Crippen LogP contribution in [0.15, 0.2) is 24.4 Å². The molecule has 2 aromatic rings. The van der Waals surface area contributed by atoms with Gasteiger partial charge in [0.05, 0.1) is 11.0 Å². The molecule has 15 heavy (non-hydrogen) atoms. The summed E-state index contributed by atoms with van der Waals surface area (Å²) in [7, 11) is 0. The Morgan fingerprint density at radius 1 is 1.47 bits per heavy atom. The predicted molar refractivity (Wildman–Crippen MR) is 63.5 cm³/mol. The number of hydrogen-bond donors (Lipinski definition) is 2. The quantitative estimate of drug-likeness (QED) is 0.764. The number of aromatic hydroxyl groups is 1. The first-order valence-electron chi connectivity index (χ1n) is 4.78. The van der Waals surface area contributed by atoms with Crippen LogP contribution in [-0.2, 0) is 0 Å². The molecule has 0 aliphatic carbocycles. The van der Waals surface area contributed by atoms with Crippen LogP contribution in [0.1, 0.15) is 18.4 Å². The Kier molecular flexibility index (Phi) is 2.77. The normalized spacial score (nSPS) is 12.9. The number of thiol groups is 1. The summed E-state index contributed by atoms with van der Waals surface area (Å²) in [5.74, 6) is 0.928. The van der Waals surface area contributed by atoms with Gasteiger partial charge in [0, 0.05) is 11.8 Å². The molecule has 0 amide bonds. The van der Waals surface area contributed by atoms with Crippen LogP contribution in [0.4, 0.5) is 0 Å². The van der Waals surface area contributed by atoms with Crippen molar-refractivity contribution in [3.8, 4) is 5.88 Å². The first-order chi connectivity index (χ1) is 7.22. The van der Waals surface area contributed by atoms with E-state index in [0.29, 0.717) is 11.3 Å². The average molecular weight is 220 g/mol. The molecule has 2 heterocycles. The van der Waals surface area contributed by atoms with Crippen molar-refractivity contribution in [1.29, 1.82) is 0 Å². The molecule has 0 aliphatic rings. The third-order valence-electron chi connectivity index (χ3n) is 2.40. The maximum absolute atomic E-state index is 9.74. The predicted octanol–water partition coefficient (Wildman–Crippen LogP) is 2.37. The highest BCUT2D eigenvalue weighted by molar-refractivity contribution is 7.80. The Morgan fingerprint density at radius 2 is 2.27 bits per heavy atom. The Morgan fingerprint density at radius 3 is 3.00 bits per heavy atom. The monoisotopic (exact) mass is 220 g/mol. The summed E-state index contributed by atoms with van der Waals surface area (Å²) < 4.78 is 0. The molecule has 1 N–H and O–H groups in total. The molecule has 2 aromatic heterocycles. The highest BCUT2D eigenvalue weighted by atomic mass is 32.1. The molecule has 0 fully saturated rings. The van der Waals surface area contributed by atoms with E-state index in [9.17, 15) is 5.11 Å². The number of fused-ring (bicyclic) bond motifs is 1. The molecule has 1 atom stereocenters. The maximum atomic E-state index is 9.74. The Labute approximate surface area is 93.6 Å². The van der Waals surface area contributed by atoms with Gasteiger partial charge in [-0.15, -0.1) is 0 Å². The fraction of sp³-hybridized carbons (Fsp3) is 0.273. The Balaban J connectivity index is 2.61. The van der Waals surface area contributed by atoms with Crippen molar-refractivity contribution in [2.75, 3.05) is 5.75 Å². The summed E-state index contributed by atoms with van der Waals surface area (Å²) in [5.41, 5.74) is 2.32. The zero-order valence-corrected chi connectivity index (χ0v) is 9.28. The van der Waals surface area contributed by atoms with Gasteiger partial charge in [0.2, 0.25) is 5.88 Å². The van der Waals surface area contributed by atoms with E-state index in [1.54, 1.807) is 12.3 Å². The largest absolute Gasteiger partial charge is 0.493 e. The SMILES string of the molecule is CC(CS)c1cc2ncccc2nc1O. The van der Waals surface area contributed by atoms with Gasteiger partial charge in [-0.2, -0.15) is 12.6 Å². The highest BCUT2D eigenvalue weighted by Gasteiger charge is 2.11. The highest BCUT2D eigenvalue weighted by Crippen LogP contribution is 2.27. The fourth-order valence-corrected chi connectivity index (χ4v) is 1.66. The van der Waals surface area contributed by atoms with Crippen molar-refractivity contribution in [3.05, 3.63) is 30.0 Å². The van der Waals surface area contributed by atoms with Crippen LogP contribution in [0.25, 0.3) is 11.0 Å². The second-order valence-corrected chi connectivity index (χ2v) is 3.89. The van der Waals surface area contributed by atoms with E-state index in [1.807, 2.05) is 19.1 Å². The lowest BCUT2D eigenvalue weighted by Gasteiger charge is -2.10. The molecule has 0 radical (unpaired) electrons. The van der Waals surface area contributed by atoms with Crippen LogP contribution >= 0.6 is 12.6 Å². The van der Waals surface area contributed by atoms with Crippen LogP contribution < -0.4 is 0 Å². The second kappa shape index (κ2) is 4.06. The molecule has 0 aliphatic heterocycles. The average Bonchev–Trinajstić information content (AvgIpc) is 2.27. The molecule has 2 rings (SSSR count). The molecule has 0 saturated carbocycles. The molecule has 0 aromatic carbocycles. The summed E-state index contributed by atoms with van der Waals surface area (Å²) in [4.78, 5) is 8.30. The molecule has 0 bridgehead atoms. The van der Waals surface area contributed by atoms with Crippen molar-refractivity contribution >= 4 is 23.7 Å². The lowest BCUT2D eigenvalue weighted by atomic mass is 10.0. The Bertz CT molecular complexity index is 487. The maximum Gasteiger partial charge on any atom is 0.215 e. The minimum atomic E-state index is 0.0806. The molecule has 1 unspecified atom stereocenters. The molecular formula is C11H12N2OS. The van der Waals surface area contributed by atoms with Crippen molar-refractivity contribution < 1.29 is 5.11 Å². The zero-order valence-electron chi connectivity index (χ0n) is 8.38. The number of nitrogens with zero attached hydrogens (tertiary/aromatic N) is 2. The van der Waals surface area contributed by atoms with Crippen LogP contribution in [-0.4, -0.2) is 20.8 Å². The van der Waals surface area contributed by atoms with Gasteiger partial charge in [-0.1, -0.05) is 6.92 Å². The molecular weight excluding hydrogens is 208 g/mol. The molecule has 0 saturated heterocycles. The van der Waals surface area contributed by atoms with Crippen LogP contribution in [0, 0.1) is 0 Å². The second-order valence-electron chi connectivity index (χ2n) is 3.53. The van der Waals surface area contributed by atoms with Crippen molar-refractivity contribution in [3.63, 3.8) is 0 Å². The topological polar surface area (TPSA) is 46.0 Å². The summed E-state index contributed by atoms with van der Waals surface area (Å²) >= 11 is 4.21. The van der Waals surface area contributed by atoms with E-state index < -0.39 is 0 Å². The van der Waals surface area contributed by atoms with Gasteiger partial charge in [-0.25, -0.2) is 4.98 Å². The number of aromatic nitrogens is 2. The number of hydrogen-bond acceptors (Lipinski definition) is 4. The molecule has 3 nitrogen and oxygen atoms in total. The van der Waals surface area contributed by atoms with Gasteiger partial charge in [-0.3, -0.25) is 4.98 Å². The van der Waals surface area contributed by atoms with Gasteiger partial charge in [0.25, 0.3) is 0 Å². The third-order valence-corrected chi connectivity index (χ3v) is 2.95. The van der Waals surface area contributed by atoms with E-state index in [2.05, 4.69) is 22.6 Å². The van der Waals surface area contributed by atoms with Gasteiger partial charge >= 0.3 is 0 Å². The van der Waals surface area contributed by atoms with Gasteiger partial charge in [0.1, 0.15) is 0 Å². The van der Waals surface area contributed by atoms with E-state index in [1.165, 1.54) is 0 Å². The lowest BCUT2D eigenvalue weighted by Crippen LogP contribution is -1.97. The van der Waals surface area contributed by atoms with Gasteiger partial charge < -0.3 is 5.11 Å². The minimum Gasteiger partial charge on any atom is -0.493 e. The van der Waals surface area contributed by atoms with Crippen molar-refractivity contribution in [2.24, 2.45) is 0 Å². The van der Waals surface area contributed by atoms with Gasteiger partial charge in [-0.05, 0) is 29.9 Å². The summed E-state index contributed by atoms with van der Waals surface area (Å²) in [6.45, 7) is 2.00. The van der Waals surface area contributed by atoms with Crippen LogP contribution in [0.5, 0.6) is 5.88 Å². The Hall–Kier alpha value is -1.29. The van der Waals surface area contributed by atoms with E-state index in [4.69, 9.17) is 0 Å².